The molecule has 3 rings (SSSR count). The lowest BCUT2D eigenvalue weighted by atomic mass is 9.98. The number of nitrogens with one attached hydrogen (secondary N) is 1. The largest absolute Gasteiger partial charge is 0.463 e. The summed E-state index contributed by atoms with van der Waals surface area (Å²) >= 11 is 0. The van der Waals surface area contributed by atoms with Gasteiger partial charge >= 0.3 is 41.5 Å². The van der Waals surface area contributed by atoms with Crippen LogP contribution in [0.3, 0.4) is 0 Å². The standard InChI is InChI=1S/C27H34N2O17/c1-11(30)38-9-18-20(40-12(2)31)22(42-14(4)33)24(44-16(6)35)26(46-18)39-10-17-21(41-13(3)32)23(43-15(5)34)25(45-17)29-8-7-19(36)28-27(29)37/h7-8,17-18,20-26H,9-10H2,1-6H3,(H,28,36,37)/t17-,18-,20+,21-,22+,23-,24-,25-,26-/m1/s1. The molecule has 0 amide bonds. The first-order chi connectivity index (χ1) is 21.6. The lowest BCUT2D eigenvalue weighted by Crippen LogP contribution is -2.63. The van der Waals surface area contributed by atoms with Crippen molar-refractivity contribution < 1.29 is 71.4 Å². The second-order valence-electron chi connectivity index (χ2n) is 10.1. The molecule has 0 unspecified atom stereocenters. The van der Waals surface area contributed by atoms with Crippen LogP contribution in [-0.2, 0) is 71.4 Å². The minimum absolute atomic E-state index is 0.514. The van der Waals surface area contributed by atoms with Crippen molar-refractivity contribution in [3.63, 3.8) is 0 Å². The molecule has 9 atom stereocenters. The summed E-state index contributed by atoms with van der Waals surface area (Å²) in [7, 11) is 0. The van der Waals surface area contributed by atoms with Gasteiger partial charge in [0.1, 0.15) is 18.8 Å². The number of rotatable bonds is 11. The van der Waals surface area contributed by atoms with Crippen LogP contribution in [0.25, 0.3) is 0 Å². The summed E-state index contributed by atoms with van der Waals surface area (Å²) in [6.07, 6.45) is -11.9. The predicted molar refractivity (Wildman–Crippen MR) is 144 cm³/mol. The van der Waals surface area contributed by atoms with Crippen molar-refractivity contribution in [2.24, 2.45) is 0 Å². The van der Waals surface area contributed by atoms with Crippen molar-refractivity contribution >= 4 is 35.8 Å². The van der Waals surface area contributed by atoms with Crippen molar-refractivity contribution in [2.45, 2.75) is 96.8 Å². The van der Waals surface area contributed by atoms with E-state index in [1.54, 1.807) is 0 Å². The monoisotopic (exact) mass is 658 g/mol. The molecule has 46 heavy (non-hydrogen) atoms. The van der Waals surface area contributed by atoms with Crippen LogP contribution < -0.4 is 11.2 Å². The summed E-state index contributed by atoms with van der Waals surface area (Å²) in [6, 6.07) is 1.01. The first kappa shape index (κ1) is 35.9. The fourth-order valence-corrected chi connectivity index (χ4v) is 4.86. The van der Waals surface area contributed by atoms with Crippen molar-refractivity contribution in [3.8, 4) is 0 Å². The number of nitrogens with zero attached hydrogens (tertiary/aromatic N) is 1. The van der Waals surface area contributed by atoms with Gasteiger partial charge in [0.15, 0.2) is 43.0 Å². The number of hydrogen-bond donors (Lipinski definition) is 1. The highest BCUT2D eigenvalue weighted by atomic mass is 16.7. The van der Waals surface area contributed by atoms with Gasteiger partial charge in [-0.2, -0.15) is 0 Å². The van der Waals surface area contributed by atoms with Gasteiger partial charge < -0.3 is 42.6 Å². The molecular formula is C27H34N2O17. The van der Waals surface area contributed by atoms with Gasteiger partial charge in [-0.3, -0.25) is 43.1 Å². The Hall–Kier alpha value is -4.62. The number of esters is 6. The van der Waals surface area contributed by atoms with Gasteiger partial charge in [-0.05, 0) is 0 Å². The van der Waals surface area contributed by atoms with Gasteiger partial charge in [0.2, 0.25) is 0 Å². The van der Waals surface area contributed by atoms with Crippen LogP contribution in [0.5, 0.6) is 0 Å². The van der Waals surface area contributed by atoms with E-state index in [1.807, 2.05) is 4.98 Å². The van der Waals surface area contributed by atoms with Crippen LogP contribution in [0, 0.1) is 0 Å². The van der Waals surface area contributed by atoms with Gasteiger partial charge in [-0.25, -0.2) is 4.79 Å². The van der Waals surface area contributed by atoms with Gasteiger partial charge in [0.05, 0.1) is 6.61 Å². The number of aromatic amines is 1. The molecule has 0 radical (unpaired) electrons. The van der Waals surface area contributed by atoms with Crippen LogP contribution in [-0.4, -0.2) is 108 Å². The van der Waals surface area contributed by atoms with Crippen molar-refractivity contribution in [1.29, 1.82) is 0 Å². The molecular weight excluding hydrogens is 624 g/mol. The third-order valence-electron chi connectivity index (χ3n) is 6.39. The first-order valence-electron chi connectivity index (χ1n) is 13.8. The van der Waals surface area contributed by atoms with Crippen molar-refractivity contribution in [3.05, 3.63) is 33.1 Å². The van der Waals surface area contributed by atoms with Crippen LogP contribution in [0.15, 0.2) is 21.9 Å². The molecule has 1 aromatic heterocycles. The van der Waals surface area contributed by atoms with E-state index in [0.29, 0.717) is 0 Å². The number of hydrogen-bond acceptors (Lipinski definition) is 17. The number of ether oxygens (including phenoxy) is 9. The quantitative estimate of drug-likeness (QED) is 0.208. The zero-order valence-corrected chi connectivity index (χ0v) is 25.7. The zero-order valence-electron chi connectivity index (χ0n) is 25.7. The molecule has 0 bridgehead atoms. The third-order valence-corrected chi connectivity index (χ3v) is 6.39. The Labute approximate surface area is 260 Å². The second kappa shape index (κ2) is 15.6. The lowest BCUT2D eigenvalue weighted by Gasteiger charge is -2.44. The average Bonchev–Trinajstić information content (AvgIpc) is 3.23. The summed E-state index contributed by atoms with van der Waals surface area (Å²) in [6.45, 7) is 5.32. The summed E-state index contributed by atoms with van der Waals surface area (Å²) in [5.74, 6) is -4.94. The van der Waals surface area contributed by atoms with Crippen LogP contribution >= 0.6 is 0 Å². The van der Waals surface area contributed by atoms with Gasteiger partial charge in [-0.1, -0.05) is 0 Å². The fraction of sp³-hybridized carbons (Fsp3) is 0.630. The van der Waals surface area contributed by atoms with E-state index in [4.69, 9.17) is 42.6 Å². The number of aromatic nitrogens is 2. The molecule has 0 aliphatic carbocycles. The maximum atomic E-state index is 12.6. The van der Waals surface area contributed by atoms with E-state index in [-0.39, 0.29) is 0 Å². The van der Waals surface area contributed by atoms with E-state index in [0.717, 1.165) is 58.4 Å². The van der Waals surface area contributed by atoms with E-state index >= 15 is 0 Å². The minimum Gasteiger partial charge on any atom is -0.463 e. The van der Waals surface area contributed by atoms with E-state index in [2.05, 4.69) is 0 Å². The Morgan fingerprint density at radius 1 is 0.652 bits per heavy atom. The molecule has 0 saturated carbocycles. The van der Waals surface area contributed by atoms with E-state index < -0.39 is 116 Å². The molecule has 2 saturated heterocycles. The SMILES string of the molecule is CC(=O)OC[C@H]1O[C@@H](OC[C@H]2O[C@@H](n3ccc(=O)[nH]c3=O)[C@H](OC(C)=O)[C@@H]2OC(C)=O)[C@H](OC(C)=O)[C@@H](OC(C)=O)[C@H]1OC(C)=O. The molecule has 3 heterocycles. The molecule has 0 aromatic carbocycles. The van der Waals surface area contributed by atoms with Crippen LogP contribution in [0.4, 0.5) is 0 Å². The summed E-state index contributed by atoms with van der Waals surface area (Å²) < 4.78 is 50.5. The molecule has 254 valence electrons. The Bertz CT molecular complexity index is 1440. The Kier molecular flexibility index (Phi) is 12.2. The molecule has 0 spiro atoms. The maximum Gasteiger partial charge on any atom is 0.330 e. The lowest BCUT2D eigenvalue weighted by molar-refractivity contribution is -0.312. The molecule has 19 nitrogen and oxygen atoms in total. The predicted octanol–water partition coefficient (Wildman–Crippen LogP) is -1.60. The summed E-state index contributed by atoms with van der Waals surface area (Å²) in [5, 5.41) is 0. The van der Waals surface area contributed by atoms with Gasteiger partial charge in [0, 0.05) is 53.8 Å². The first-order valence-corrected chi connectivity index (χ1v) is 13.8. The smallest absolute Gasteiger partial charge is 0.330 e. The zero-order chi connectivity index (χ0) is 34.3. The Morgan fingerprint density at radius 2 is 1.13 bits per heavy atom. The second-order valence-corrected chi connectivity index (χ2v) is 10.1. The number of H-pyrrole nitrogens is 1. The Morgan fingerprint density at radius 3 is 1.65 bits per heavy atom. The molecule has 19 heteroatoms. The molecule has 1 aromatic rings. The Balaban J connectivity index is 2.00. The highest BCUT2D eigenvalue weighted by Crippen LogP contribution is 2.35. The van der Waals surface area contributed by atoms with E-state index in [9.17, 15) is 38.4 Å². The normalized spacial score (nSPS) is 28.8. The minimum atomic E-state index is -1.62. The third kappa shape index (κ3) is 9.44. The molecule has 2 fully saturated rings. The number of carbonyl (C=O) groups excluding carboxylic acids is 6. The van der Waals surface area contributed by atoms with E-state index in [1.165, 1.54) is 0 Å². The topological polar surface area (TPSA) is 240 Å². The van der Waals surface area contributed by atoms with Gasteiger partial charge in [-0.15, -0.1) is 0 Å². The van der Waals surface area contributed by atoms with Crippen LogP contribution in [0.2, 0.25) is 0 Å². The molecule has 2 aliphatic rings. The highest BCUT2D eigenvalue weighted by molar-refractivity contribution is 5.69. The summed E-state index contributed by atoms with van der Waals surface area (Å²) in [5.41, 5.74) is -1.65. The fourth-order valence-electron chi connectivity index (χ4n) is 4.86. The van der Waals surface area contributed by atoms with Crippen molar-refractivity contribution in [2.75, 3.05) is 13.2 Å². The average molecular weight is 659 g/mol. The number of carbonyl (C=O) groups is 6. The highest BCUT2D eigenvalue weighted by Gasteiger charge is 2.55. The summed E-state index contributed by atoms with van der Waals surface area (Å²) in [4.78, 5) is 98.1. The maximum absolute atomic E-state index is 12.6. The van der Waals surface area contributed by atoms with Gasteiger partial charge in [0.25, 0.3) is 5.56 Å². The molecule has 2 aliphatic heterocycles. The van der Waals surface area contributed by atoms with Crippen LogP contribution in [0.1, 0.15) is 47.8 Å². The van der Waals surface area contributed by atoms with Crippen molar-refractivity contribution in [1.82, 2.24) is 9.55 Å². The molecule has 1 N–H and O–H groups in total.